The number of hydrogen-bond donors (Lipinski definition) is 5. The summed E-state index contributed by atoms with van der Waals surface area (Å²) in [6.45, 7) is 1.57. The van der Waals surface area contributed by atoms with E-state index in [1.807, 2.05) is 0 Å². The second-order valence-corrected chi connectivity index (χ2v) is 10.7. The third kappa shape index (κ3) is 4.99. The lowest BCUT2D eigenvalue weighted by molar-refractivity contribution is -0.120. The van der Waals surface area contributed by atoms with Crippen LogP contribution in [0.1, 0.15) is 70.6 Å². The minimum absolute atomic E-state index is 0.248. The number of ether oxygens (including phenoxy) is 1. The molecule has 0 radical (unpaired) electrons. The Morgan fingerprint density at radius 3 is 1.97 bits per heavy atom. The summed E-state index contributed by atoms with van der Waals surface area (Å²) in [5, 5.41) is 42.3. The molecule has 0 aromatic rings. The van der Waals surface area contributed by atoms with Crippen LogP contribution in [0.3, 0.4) is 0 Å². The molecule has 0 aromatic carbocycles. The van der Waals surface area contributed by atoms with Crippen molar-refractivity contribution in [2.45, 2.75) is 101 Å². The first kappa shape index (κ1) is 22.0. The molecule has 0 unspecified atom stereocenters. The van der Waals surface area contributed by atoms with Gasteiger partial charge in [0, 0.05) is 12.6 Å². The first-order chi connectivity index (χ1) is 14.0. The molecule has 6 heteroatoms. The molecule has 4 aliphatic carbocycles. The predicted octanol–water partition coefficient (Wildman–Crippen LogP) is 1.59. The normalized spacial score (nSPS) is 46.3. The SMILES string of the molecule is OC[C@H]1N[C@H](CCCCCCOCC23CC4CC(CC(C4)C2)C3)[C@H](O)[C@@H](O)[C@@H]1O. The lowest BCUT2D eigenvalue weighted by atomic mass is 9.50. The van der Waals surface area contributed by atoms with Crippen LogP contribution in [0.2, 0.25) is 0 Å². The number of hydrogen-bond acceptors (Lipinski definition) is 6. The molecule has 5 fully saturated rings. The zero-order valence-corrected chi connectivity index (χ0v) is 17.7. The molecule has 0 amide bonds. The van der Waals surface area contributed by atoms with Gasteiger partial charge in [-0.3, -0.25) is 0 Å². The molecule has 168 valence electrons. The Kier molecular flexibility index (Phi) is 7.19. The topological polar surface area (TPSA) is 102 Å². The van der Waals surface area contributed by atoms with Crippen molar-refractivity contribution in [3.63, 3.8) is 0 Å². The van der Waals surface area contributed by atoms with Gasteiger partial charge in [0.1, 0.15) is 6.10 Å². The molecule has 5 atom stereocenters. The van der Waals surface area contributed by atoms with E-state index in [-0.39, 0.29) is 12.6 Å². The van der Waals surface area contributed by atoms with Gasteiger partial charge in [-0.15, -0.1) is 0 Å². The molecular weight excluding hydrogens is 370 g/mol. The highest BCUT2D eigenvalue weighted by molar-refractivity contribution is 5.01. The van der Waals surface area contributed by atoms with Gasteiger partial charge in [-0.05, 0) is 74.5 Å². The third-order valence-electron chi connectivity index (χ3n) is 8.28. The number of nitrogens with one attached hydrogen (secondary N) is 1. The summed E-state index contributed by atoms with van der Waals surface area (Å²) >= 11 is 0. The molecule has 5 N–H and O–H groups in total. The number of aliphatic hydroxyl groups is 4. The summed E-state index contributed by atoms with van der Waals surface area (Å²) in [6, 6.07) is -0.853. The molecule has 5 aliphatic rings. The lowest BCUT2D eigenvalue weighted by Gasteiger charge is -2.56. The lowest BCUT2D eigenvalue weighted by Crippen LogP contribution is -2.65. The van der Waals surface area contributed by atoms with Gasteiger partial charge >= 0.3 is 0 Å². The maximum atomic E-state index is 10.1. The zero-order valence-electron chi connectivity index (χ0n) is 17.7. The number of unbranched alkanes of at least 4 members (excludes halogenated alkanes) is 3. The Morgan fingerprint density at radius 1 is 0.759 bits per heavy atom. The smallest absolute Gasteiger partial charge is 0.109 e. The van der Waals surface area contributed by atoms with E-state index in [4.69, 9.17) is 4.74 Å². The van der Waals surface area contributed by atoms with Crippen LogP contribution in [0.25, 0.3) is 0 Å². The molecule has 1 heterocycles. The van der Waals surface area contributed by atoms with Gasteiger partial charge < -0.3 is 30.5 Å². The predicted molar refractivity (Wildman–Crippen MR) is 110 cm³/mol. The van der Waals surface area contributed by atoms with Crippen LogP contribution in [-0.2, 0) is 4.74 Å². The summed E-state index contributed by atoms with van der Waals surface area (Å²) < 4.78 is 6.15. The van der Waals surface area contributed by atoms with Gasteiger partial charge in [0.15, 0.2) is 0 Å². The highest BCUT2D eigenvalue weighted by Gasteiger charge is 2.50. The van der Waals surface area contributed by atoms with Crippen molar-refractivity contribution >= 4 is 0 Å². The highest BCUT2D eigenvalue weighted by atomic mass is 16.5. The second kappa shape index (κ2) is 9.49. The number of aliphatic hydroxyl groups excluding tert-OH is 4. The first-order valence-electron chi connectivity index (χ1n) is 12.0. The largest absolute Gasteiger partial charge is 0.395 e. The van der Waals surface area contributed by atoms with Crippen LogP contribution < -0.4 is 5.32 Å². The fourth-order valence-corrected chi connectivity index (χ4v) is 7.24. The van der Waals surface area contributed by atoms with E-state index in [0.29, 0.717) is 5.41 Å². The molecule has 4 saturated carbocycles. The monoisotopic (exact) mass is 411 g/mol. The molecule has 0 spiro atoms. The quantitative estimate of drug-likeness (QED) is 0.350. The van der Waals surface area contributed by atoms with Crippen molar-refractivity contribution in [2.24, 2.45) is 23.2 Å². The Balaban J connectivity index is 1.07. The van der Waals surface area contributed by atoms with Crippen LogP contribution in [0.15, 0.2) is 0 Å². The van der Waals surface area contributed by atoms with E-state index >= 15 is 0 Å². The van der Waals surface area contributed by atoms with Gasteiger partial charge in [0.25, 0.3) is 0 Å². The summed E-state index contributed by atoms with van der Waals surface area (Å²) in [4.78, 5) is 0. The van der Waals surface area contributed by atoms with Crippen molar-refractivity contribution in [2.75, 3.05) is 19.8 Å². The zero-order chi connectivity index (χ0) is 20.4. The van der Waals surface area contributed by atoms with Gasteiger partial charge in [-0.2, -0.15) is 0 Å². The van der Waals surface area contributed by atoms with Crippen LogP contribution in [0.5, 0.6) is 0 Å². The Labute approximate surface area is 175 Å². The van der Waals surface area contributed by atoms with E-state index in [1.165, 1.54) is 38.5 Å². The van der Waals surface area contributed by atoms with Crippen LogP contribution in [0.4, 0.5) is 0 Å². The number of rotatable bonds is 10. The van der Waals surface area contributed by atoms with E-state index in [2.05, 4.69) is 5.32 Å². The van der Waals surface area contributed by atoms with Crippen molar-refractivity contribution in [3.8, 4) is 0 Å². The summed E-state index contributed by atoms with van der Waals surface area (Å²) in [6.07, 6.45) is 10.3. The summed E-state index contributed by atoms with van der Waals surface area (Å²) in [7, 11) is 0. The van der Waals surface area contributed by atoms with Crippen molar-refractivity contribution in [1.29, 1.82) is 0 Å². The van der Waals surface area contributed by atoms with Gasteiger partial charge in [-0.1, -0.05) is 19.3 Å². The average Bonchev–Trinajstić information content (AvgIpc) is 2.68. The van der Waals surface area contributed by atoms with E-state index in [9.17, 15) is 20.4 Å². The minimum atomic E-state index is -1.20. The van der Waals surface area contributed by atoms with E-state index < -0.39 is 24.4 Å². The molecule has 5 rings (SSSR count). The van der Waals surface area contributed by atoms with E-state index in [0.717, 1.165) is 63.1 Å². The second-order valence-electron chi connectivity index (χ2n) is 10.7. The summed E-state index contributed by atoms with van der Waals surface area (Å²) in [5.74, 6) is 2.95. The molecule has 1 aliphatic heterocycles. The van der Waals surface area contributed by atoms with Gasteiger partial charge in [0.05, 0.1) is 31.5 Å². The minimum Gasteiger partial charge on any atom is -0.395 e. The van der Waals surface area contributed by atoms with E-state index in [1.54, 1.807) is 0 Å². The Hall–Kier alpha value is -0.240. The Morgan fingerprint density at radius 2 is 1.34 bits per heavy atom. The maximum absolute atomic E-state index is 10.1. The van der Waals surface area contributed by atoms with Gasteiger partial charge in [-0.25, -0.2) is 0 Å². The van der Waals surface area contributed by atoms with Crippen LogP contribution in [-0.4, -0.2) is 70.6 Å². The maximum Gasteiger partial charge on any atom is 0.109 e. The van der Waals surface area contributed by atoms with Crippen molar-refractivity contribution in [1.82, 2.24) is 5.32 Å². The van der Waals surface area contributed by atoms with Gasteiger partial charge in [0.2, 0.25) is 0 Å². The molecule has 6 nitrogen and oxygen atoms in total. The summed E-state index contributed by atoms with van der Waals surface area (Å²) in [5.41, 5.74) is 0.506. The molecular formula is C23H41NO5. The Bertz CT molecular complexity index is 492. The standard InChI is InChI=1S/C23H41NO5/c25-13-19-21(27)22(28)20(26)18(24-19)5-3-1-2-4-6-29-14-23-10-15-7-16(11-23)9-17(8-15)12-23/h15-22,24-28H,1-14H2/t15?,16?,17?,18-,19-,20+,21-,22-,23?/m1/s1. The highest BCUT2D eigenvalue weighted by Crippen LogP contribution is 2.60. The molecule has 29 heavy (non-hydrogen) atoms. The molecule has 1 saturated heterocycles. The van der Waals surface area contributed by atoms with Crippen molar-refractivity contribution < 1.29 is 25.2 Å². The van der Waals surface area contributed by atoms with Crippen molar-refractivity contribution in [3.05, 3.63) is 0 Å². The third-order valence-corrected chi connectivity index (χ3v) is 8.28. The fraction of sp³-hybridized carbons (Fsp3) is 1.00. The first-order valence-corrected chi connectivity index (χ1v) is 12.0. The number of piperidine rings is 1. The average molecular weight is 412 g/mol. The fourth-order valence-electron chi connectivity index (χ4n) is 7.24. The molecule has 4 bridgehead atoms. The van der Waals surface area contributed by atoms with Crippen LogP contribution in [0, 0.1) is 23.2 Å². The van der Waals surface area contributed by atoms with Crippen LogP contribution >= 0.6 is 0 Å². The molecule has 0 aromatic heterocycles.